The van der Waals surface area contributed by atoms with E-state index in [4.69, 9.17) is 4.74 Å². The van der Waals surface area contributed by atoms with E-state index in [9.17, 15) is 18.0 Å². The van der Waals surface area contributed by atoms with Gasteiger partial charge in [-0.15, -0.1) is 0 Å². The highest BCUT2D eigenvalue weighted by molar-refractivity contribution is 7.89. The molecule has 0 spiro atoms. The molecular weight excluding hydrogens is 418 g/mol. The van der Waals surface area contributed by atoms with Crippen LogP contribution >= 0.6 is 0 Å². The third kappa shape index (κ3) is 4.28. The fraction of sp³-hybridized carbons (Fsp3) is 0.364. The van der Waals surface area contributed by atoms with Crippen molar-refractivity contribution < 1.29 is 22.7 Å². The third-order valence-corrected chi connectivity index (χ3v) is 7.49. The van der Waals surface area contributed by atoms with Crippen LogP contribution in [0.3, 0.4) is 0 Å². The molecule has 0 bridgehead atoms. The van der Waals surface area contributed by atoms with E-state index in [1.165, 1.54) is 22.5 Å². The highest BCUT2D eigenvalue weighted by atomic mass is 32.2. The van der Waals surface area contributed by atoms with E-state index in [0.717, 1.165) is 11.1 Å². The Morgan fingerprint density at radius 2 is 1.97 bits per heavy atom. The summed E-state index contributed by atoms with van der Waals surface area (Å²) in [5.41, 5.74) is 2.39. The summed E-state index contributed by atoms with van der Waals surface area (Å²) in [6.07, 6.45) is 0.418. The van der Waals surface area contributed by atoms with Crippen LogP contribution in [0.15, 0.2) is 47.4 Å². The molecule has 0 saturated carbocycles. The van der Waals surface area contributed by atoms with Gasteiger partial charge in [0, 0.05) is 13.1 Å². The number of carbonyl (C=O) groups is 2. The number of carbonyl (C=O) groups excluding carboxylic acids is 2. The number of benzene rings is 2. The van der Waals surface area contributed by atoms with E-state index in [2.05, 4.69) is 10.6 Å². The van der Waals surface area contributed by atoms with Gasteiger partial charge in [0.25, 0.3) is 5.91 Å². The average molecular weight is 444 g/mol. The molecule has 2 aliphatic heterocycles. The molecule has 0 radical (unpaired) electrons. The zero-order chi connectivity index (χ0) is 22.2. The normalized spacial score (nSPS) is 21.2. The number of rotatable bonds is 5. The summed E-state index contributed by atoms with van der Waals surface area (Å²) >= 11 is 0. The van der Waals surface area contributed by atoms with Crippen molar-refractivity contribution >= 4 is 27.5 Å². The van der Waals surface area contributed by atoms with Crippen molar-refractivity contribution in [2.75, 3.05) is 11.9 Å². The second-order valence-electron chi connectivity index (χ2n) is 7.88. The molecule has 2 heterocycles. The summed E-state index contributed by atoms with van der Waals surface area (Å²) < 4.78 is 33.3. The summed E-state index contributed by atoms with van der Waals surface area (Å²) in [5.74, 6) is -0.235. The van der Waals surface area contributed by atoms with Crippen LogP contribution in [0.1, 0.15) is 30.9 Å². The lowest BCUT2D eigenvalue weighted by Gasteiger charge is -2.26. The minimum Gasteiger partial charge on any atom is -0.479 e. The number of amides is 2. The number of anilines is 1. The predicted octanol–water partition coefficient (Wildman–Crippen LogP) is 2.18. The Morgan fingerprint density at radius 1 is 1.23 bits per heavy atom. The Labute approximate surface area is 181 Å². The molecule has 8 nitrogen and oxygen atoms in total. The Bertz CT molecular complexity index is 1110. The molecule has 2 aromatic carbocycles. The largest absolute Gasteiger partial charge is 0.479 e. The first-order valence-electron chi connectivity index (χ1n) is 10.2. The Hall–Kier alpha value is -2.91. The Kier molecular flexibility index (Phi) is 5.72. The second kappa shape index (κ2) is 8.32. The predicted molar refractivity (Wildman–Crippen MR) is 115 cm³/mol. The van der Waals surface area contributed by atoms with Gasteiger partial charge in [-0.25, -0.2) is 8.42 Å². The monoisotopic (exact) mass is 443 g/mol. The van der Waals surface area contributed by atoms with Crippen LogP contribution in [0.2, 0.25) is 0 Å². The number of aryl methyl sites for hydroxylation is 1. The van der Waals surface area contributed by atoms with Crippen LogP contribution in [0, 0.1) is 6.92 Å². The minimum atomic E-state index is -3.92. The van der Waals surface area contributed by atoms with Gasteiger partial charge in [-0.3, -0.25) is 9.59 Å². The molecule has 4 rings (SSSR count). The molecule has 164 valence electrons. The molecule has 2 aliphatic rings. The van der Waals surface area contributed by atoms with Gasteiger partial charge >= 0.3 is 0 Å². The van der Waals surface area contributed by atoms with Crippen molar-refractivity contribution in [1.29, 1.82) is 0 Å². The summed E-state index contributed by atoms with van der Waals surface area (Å²) in [5, 5.41) is 5.52. The molecule has 2 N–H and O–H groups in total. The van der Waals surface area contributed by atoms with Gasteiger partial charge in [0.05, 0.1) is 10.6 Å². The van der Waals surface area contributed by atoms with Crippen LogP contribution in [0.25, 0.3) is 0 Å². The lowest BCUT2D eigenvalue weighted by molar-refractivity contribution is -0.124. The van der Waals surface area contributed by atoms with Crippen LogP contribution in [0.4, 0.5) is 5.69 Å². The zero-order valence-electron chi connectivity index (χ0n) is 17.4. The Morgan fingerprint density at radius 3 is 2.71 bits per heavy atom. The fourth-order valence-electron chi connectivity index (χ4n) is 3.79. The van der Waals surface area contributed by atoms with Crippen LogP contribution < -0.4 is 15.4 Å². The van der Waals surface area contributed by atoms with E-state index in [1.54, 1.807) is 6.92 Å². The zero-order valence-corrected chi connectivity index (χ0v) is 18.2. The highest BCUT2D eigenvalue weighted by Gasteiger charge is 2.40. The van der Waals surface area contributed by atoms with E-state index in [-0.39, 0.29) is 23.3 Å². The topological polar surface area (TPSA) is 105 Å². The molecule has 2 aromatic rings. The van der Waals surface area contributed by atoms with Gasteiger partial charge in [-0.2, -0.15) is 4.31 Å². The lowest BCUT2D eigenvalue weighted by Crippen LogP contribution is -2.45. The lowest BCUT2D eigenvalue weighted by atomic mass is 10.1. The summed E-state index contributed by atoms with van der Waals surface area (Å²) in [7, 11) is -3.92. The van der Waals surface area contributed by atoms with Crippen molar-refractivity contribution in [2.45, 2.75) is 50.3 Å². The third-order valence-electron chi connectivity index (χ3n) is 5.58. The van der Waals surface area contributed by atoms with Gasteiger partial charge in [0.2, 0.25) is 15.9 Å². The van der Waals surface area contributed by atoms with E-state index < -0.39 is 22.2 Å². The van der Waals surface area contributed by atoms with Crippen molar-refractivity contribution in [1.82, 2.24) is 9.62 Å². The van der Waals surface area contributed by atoms with Gasteiger partial charge in [-0.05, 0) is 50.5 Å². The molecule has 0 aromatic heterocycles. The smallest absolute Gasteiger partial charge is 0.265 e. The first-order valence-corrected chi connectivity index (χ1v) is 11.7. The molecule has 2 atom stereocenters. The van der Waals surface area contributed by atoms with Gasteiger partial charge in [0.15, 0.2) is 6.10 Å². The second-order valence-corrected chi connectivity index (χ2v) is 9.78. The van der Waals surface area contributed by atoms with Gasteiger partial charge < -0.3 is 15.4 Å². The van der Waals surface area contributed by atoms with Crippen molar-refractivity contribution in [3.05, 3.63) is 53.6 Å². The molecule has 2 unspecified atom stereocenters. The number of fused-ring (bicyclic) bond motifs is 1. The van der Waals surface area contributed by atoms with Crippen LogP contribution in [-0.4, -0.2) is 43.2 Å². The SMILES string of the molecule is Cc1ccc(CNC(=O)C2CCCN2S(=O)(=O)c2ccc3c(c2)NC(=O)C(C)O3)cc1. The standard InChI is InChI=1S/C22H25N3O5S/c1-14-5-7-16(8-6-14)13-23-22(27)19-4-3-11-25(19)31(28,29)17-9-10-20-18(12-17)24-21(26)15(2)30-20/h5-10,12,15,19H,3-4,11,13H2,1-2H3,(H,23,27)(H,24,26). The first kappa shape index (κ1) is 21.3. The van der Waals surface area contributed by atoms with Crippen molar-refractivity contribution in [3.8, 4) is 5.75 Å². The fourth-order valence-corrected chi connectivity index (χ4v) is 5.47. The molecule has 1 saturated heterocycles. The van der Waals surface area contributed by atoms with E-state index >= 15 is 0 Å². The maximum absolute atomic E-state index is 13.3. The van der Waals surface area contributed by atoms with E-state index in [0.29, 0.717) is 30.8 Å². The van der Waals surface area contributed by atoms with E-state index in [1.807, 2.05) is 31.2 Å². The summed E-state index contributed by atoms with van der Waals surface area (Å²) in [6, 6.07) is 11.4. The molecule has 2 amide bonds. The van der Waals surface area contributed by atoms with Crippen molar-refractivity contribution in [2.24, 2.45) is 0 Å². The number of nitrogens with zero attached hydrogens (tertiary/aromatic N) is 1. The number of sulfonamides is 1. The molecule has 1 fully saturated rings. The summed E-state index contributed by atoms with van der Waals surface area (Å²) in [6.45, 7) is 4.21. The maximum atomic E-state index is 13.3. The van der Waals surface area contributed by atoms with Crippen molar-refractivity contribution in [3.63, 3.8) is 0 Å². The van der Waals surface area contributed by atoms with Gasteiger partial charge in [0.1, 0.15) is 11.8 Å². The molecule has 9 heteroatoms. The highest BCUT2D eigenvalue weighted by Crippen LogP contribution is 2.34. The minimum absolute atomic E-state index is 0.0166. The summed E-state index contributed by atoms with van der Waals surface area (Å²) in [4.78, 5) is 24.7. The number of nitrogens with one attached hydrogen (secondary N) is 2. The van der Waals surface area contributed by atoms with Gasteiger partial charge in [-0.1, -0.05) is 29.8 Å². The maximum Gasteiger partial charge on any atom is 0.265 e. The van der Waals surface area contributed by atoms with Crippen LogP contribution in [-0.2, 0) is 26.2 Å². The Balaban J connectivity index is 1.51. The molecule has 31 heavy (non-hydrogen) atoms. The number of hydrogen-bond acceptors (Lipinski definition) is 5. The average Bonchev–Trinajstić information content (AvgIpc) is 3.24. The number of hydrogen-bond donors (Lipinski definition) is 2. The first-order chi connectivity index (χ1) is 14.8. The quantitative estimate of drug-likeness (QED) is 0.737. The molecular formula is C22H25N3O5S. The molecule has 0 aliphatic carbocycles. The number of ether oxygens (including phenoxy) is 1. The van der Waals surface area contributed by atoms with Crippen LogP contribution in [0.5, 0.6) is 5.75 Å².